The topological polar surface area (TPSA) is 55.6 Å². The van der Waals surface area contributed by atoms with Crippen LogP contribution in [0.5, 0.6) is 0 Å². The largest absolute Gasteiger partial charge is 0.465 e. The molecular weight excluding hydrogens is 204 g/mol. The van der Waals surface area contributed by atoms with E-state index in [0.29, 0.717) is 13.0 Å². The van der Waals surface area contributed by atoms with Crippen molar-refractivity contribution < 1.29 is 9.53 Å². The van der Waals surface area contributed by atoms with Crippen molar-refractivity contribution in [3.63, 3.8) is 0 Å². The summed E-state index contributed by atoms with van der Waals surface area (Å²) >= 11 is 0. The van der Waals surface area contributed by atoms with Gasteiger partial charge in [-0.2, -0.15) is 0 Å². The zero-order chi connectivity index (χ0) is 12.4. The Bertz CT molecular complexity index is 186. The van der Waals surface area contributed by atoms with Crippen molar-refractivity contribution in [3.05, 3.63) is 0 Å². The van der Waals surface area contributed by atoms with E-state index in [4.69, 9.17) is 10.5 Å². The summed E-state index contributed by atoms with van der Waals surface area (Å²) in [7, 11) is 0. The molecule has 0 rings (SSSR count). The lowest BCUT2D eigenvalue weighted by molar-refractivity contribution is -0.144. The molecular formula is C12H26N2O2. The van der Waals surface area contributed by atoms with Crippen LogP contribution in [0.15, 0.2) is 0 Å². The molecule has 0 aliphatic carbocycles. The molecule has 16 heavy (non-hydrogen) atoms. The van der Waals surface area contributed by atoms with Crippen LogP contribution in [0.2, 0.25) is 0 Å². The molecule has 0 aromatic carbocycles. The maximum Gasteiger partial charge on any atom is 0.322 e. The van der Waals surface area contributed by atoms with Gasteiger partial charge in [0.1, 0.15) is 6.04 Å². The molecule has 0 aliphatic heterocycles. The number of carbonyl (C=O) groups excluding carboxylic acids is 1. The standard InChI is InChI=1S/C12H26N2O2/c1-4-7-9-14(5-2)10-8-11(13)12(15)16-6-3/h11H,4-10,13H2,1-3H3. The van der Waals surface area contributed by atoms with Gasteiger partial charge < -0.3 is 15.4 Å². The predicted molar refractivity (Wildman–Crippen MR) is 66.2 cm³/mol. The van der Waals surface area contributed by atoms with Gasteiger partial charge in [-0.15, -0.1) is 0 Å². The first-order valence-corrected chi connectivity index (χ1v) is 6.30. The molecule has 0 heterocycles. The zero-order valence-corrected chi connectivity index (χ0v) is 10.9. The van der Waals surface area contributed by atoms with Gasteiger partial charge in [0.25, 0.3) is 0 Å². The number of hydrogen-bond donors (Lipinski definition) is 1. The lowest BCUT2D eigenvalue weighted by Gasteiger charge is -2.21. The Balaban J connectivity index is 3.77. The Morgan fingerprint density at radius 3 is 2.50 bits per heavy atom. The van der Waals surface area contributed by atoms with Gasteiger partial charge in [0, 0.05) is 6.54 Å². The average molecular weight is 230 g/mol. The van der Waals surface area contributed by atoms with Crippen molar-refractivity contribution in [2.45, 2.75) is 46.1 Å². The van der Waals surface area contributed by atoms with E-state index in [0.717, 1.165) is 19.6 Å². The molecule has 2 N–H and O–H groups in total. The van der Waals surface area contributed by atoms with Crippen LogP contribution in [0.1, 0.15) is 40.0 Å². The summed E-state index contributed by atoms with van der Waals surface area (Å²) < 4.78 is 4.87. The highest BCUT2D eigenvalue weighted by Crippen LogP contribution is 1.99. The summed E-state index contributed by atoms with van der Waals surface area (Å²) in [5.74, 6) is -0.283. The van der Waals surface area contributed by atoms with E-state index < -0.39 is 6.04 Å². The van der Waals surface area contributed by atoms with Gasteiger partial charge >= 0.3 is 5.97 Å². The minimum atomic E-state index is -0.476. The second-order valence-corrected chi connectivity index (χ2v) is 3.94. The number of rotatable bonds is 9. The number of carbonyl (C=O) groups is 1. The van der Waals surface area contributed by atoms with Crippen LogP contribution in [0.3, 0.4) is 0 Å². The Kier molecular flexibility index (Phi) is 9.24. The van der Waals surface area contributed by atoms with E-state index in [-0.39, 0.29) is 5.97 Å². The number of hydrogen-bond acceptors (Lipinski definition) is 4. The van der Waals surface area contributed by atoms with Crippen LogP contribution in [-0.4, -0.2) is 43.2 Å². The SMILES string of the molecule is CCCCN(CC)CCC(N)C(=O)OCC. The van der Waals surface area contributed by atoms with Gasteiger partial charge in [-0.25, -0.2) is 0 Å². The molecule has 1 unspecified atom stereocenters. The molecule has 0 bridgehead atoms. The van der Waals surface area contributed by atoms with E-state index >= 15 is 0 Å². The van der Waals surface area contributed by atoms with Crippen LogP contribution < -0.4 is 5.73 Å². The lowest BCUT2D eigenvalue weighted by Crippen LogP contribution is -2.37. The molecule has 4 heteroatoms. The monoisotopic (exact) mass is 230 g/mol. The first kappa shape index (κ1) is 15.4. The van der Waals surface area contributed by atoms with Crippen LogP contribution >= 0.6 is 0 Å². The molecule has 0 spiro atoms. The number of nitrogens with two attached hydrogens (primary N) is 1. The predicted octanol–water partition coefficient (Wildman–Crippen LogP) is 1.39. The van der Waals surface area contributed by atoms with E-state index in [1.165, 1.54) is 12.8 Å². The van der Waals surface area contributed by atoms with Gasteiger partial charge in [0.05, 0.1) is 6.61 Å². The van der Waals surface area contributed by atoms with Crippen LogP contribution in [0.4, 0.5) is 0 Å². The number of ether oxygens (including phenoxy) is 1. The number of esters is 1. The van der Waals surface area contributed by atoms with Gasteiger partial charge in [0.15, 0.2) is 0 Å². The van der Waals surface area contributed by atoms with Crippen molar-refractivity contribution in [2.75, 3.05) is 26.2 Å². The van der Waals surface area contributed by atoms with Crippen molar-refractivity contribution in [2.24, 2.45) is 5.73 Å². The Morgan fingerprint density at radius 2 is 2.00 bits per heavy atom. The third-order valence-corrected chi connectivity index (χ3v) is 2.62. The van der Waals surface area contributed by atoms with Gasteiger partial charge in [-0.1, -0.05) is 20.3 Å². The van der Waals surface area contributed by atoms with Crippen molar-refractivity contribution in [3.8, 4) is 0 Å². The summed E-state index contributed by atoms with van der Waals surface area (Å²) in [4.78, 5) is 13.6. The highest BCUT2D eigenvalue weighted by molar-refractivity contribution is 5.75. The summed E-state index contributed by atoms with van der Waals surface area (Å²) in [6.45, 7) is 9.47. The Labute approximate surface area is 99.1 Å². The number of nitrogens with zero attached hydrogens (tertiary/aromatic N) is 1. The molecule has 4 nitrogen and oxygen atoms in total. The molecule has 0 saturated carbocycles. The fraction of sp³-hybridized carbons (Fsp3) is 0.917. The molecule has 0 amide bonds. The highest BCUT2D eigenvalue weighted by Gasteiger charge is 2.15. The van der Waals surface area contributed by atoms with E-state index in [2.05, 4.69) is 18.7 Å². The Morgan fingerprint density at radius 1 is 1.31 bits per heavy atom. The van der Waals surface area contributed by atoms with Gasteiger partial charge in [-0.3, -0.25) is 4.79 Å². The maximum atomic E-state index is 11.3. The smallest absolute Gasteiger partial charge is 0.322 e. The van der Waals surface area contributed by atoms with E-state index in [1.54, 1.807) is 6.92 Å². The fourth-order valence-corrected chi connectivity index (χ4v) is 1.50. The molecule has 0 aromatic rings. The minimum Gasteiger partial charge on any atom is -0.465 e. The van der Waals surface area contributed by atoms with Gasteiger partial charge in [-0.05, 0) is 32.9 Å². The first-order chi connectivity index (χ1) is 7.65. The molecule has 0 fully saturated rings. The normalized spacial score (nSPS) is 12.8. The summed E-state index contributed by atoms with van der Waals surface area (Å²) in [6.07, 6.45) is 3.07. The third-order valence-electron chi connectivity index (χ3n) is 2.62. The molecule has 0 aliphatic rings. The van der Waals surface area contributed by atoms with Crippen molar-refractivity contribution >= 4 is 5.97 Å². The fourth-order valence-electron chi connectivity index (χ4n) is 1.50. The highest BCUT2D eigenvalue weighted by atomic mass is 16.5. The van der Waals surface area contributed by atoms with Crippen LogP contribution in [0.25, 0.3) is 0 Å². The molecule has 96 valence electrons. The van der Waals surface area contributed by atoms with E-state index in [9.17, 15) is 4.79 Å². The van der Waals surface area contributed by atoms with Crippen molar-refractivity contribution in [1.29, 1.82) is 0 Å². The minimum absolute atomic E-state index is 0.283. The quantitative estimate of drug-likeness (QED) is 0.608. The second kappa shape index (κ2) is 9.60. The molecule has 1 atom stereocenters. The zero-order valence-electron chi connectivity index (χ0n) is 10.9. The Hall–Kier alpha value is -0.610. The summed E-state index contributed by atoms with van der Waals surface area (Å²) in [5, 5.41) is 0. The van der Waals surface area contributed by atoms with Crippen molar-refractivity contribution in [1.82, 2.24) is 4.90 Å². The summed E-state index contributed by atoms with van der Waals surface area (Å²) in [5.41, 5.74) is 5.73. The molecule has 0 saturated heterocycles. The third kappa shape index (κ3) is 6.80. The van der Waals surface area contributed by atoms with E-state index in [1.807, 2.05) is 0 Å². The average Bonchev–Trinajstić information content (AvgIpc) is 2.29. The van der Waals surface area contributed by atoms with Crippen LogP contribution in [0, 0.1) is 0 Å². The van der Waals surface area contributed by atoms with Crippen LogP contribution in [-0.2, 0) is 9.53 Å². The molecule has 0 aromatic heterocycles. The lowest BCUT2D eigenvalue weighted by atomic mass is 10.2. The second-order valence-electron chi connectivity index (χ2n) is 3.94. The van der Waals surface area contributed by atoms with Gasteiger partial charge in [0.2, 0.25) is 0 Å². The maximum absolute atomic E-state index is 11.3. The molecule has 0 radical (unpaired) electrons. The first-order valence-electron chi connectivity index (χ1n) is 6.30. The summed E-state index contributed by atoms with van der Waals surface area (Å²) in [6, 6.07) is -0.476. The number of unbranched alkanes of at least 4 members (excludes halogenated alkanes) is 1.